The molecule has 0 amide bonds. The summed E-state index contributed by atoms with van der Waals surface area (Å²) < 4.78 is 22.5. The molecule has 37 heavy (non-hydrogen) atoms. The van der Waals surface area contributed by atoms with E-state index in [0.29, 0.717) is 40.8 Å². The lowest BCUT2D eigenvalue weighted by Gasteiger charge is -2.17. The van der Waals surface area contributed by atoms with Crippen LogP contribution < -0.4 is 18.9 Å². The van der Waals surface area contributed by atoms with Gasteiger partial charge in [0.15, 0.2) is 0 Å². The first kappa shape index (κ1) is 27.0. The van der Waals surface area contributed by atoms with Gasteiger partial charge in [0.25, 0.3) is 0 Å². The number of carbonyl (C=O) groups is 2. The largest absolute Gasteiger partial charge is 0.496 e. The molecule has 3 aromatic rings. The second-order valence-electron chi connectivity index (χ2n) is 8.32. The zero-order chi connectivity index (χ0) is 26.9. The van der Waals surface area contributed by atoms with E-state index in [1.807, 2.05) is 55.5 Å². The van der Waals surface area contributed by atoms with Crippen LogP contribution in [-0.4, -0.2) is 25.7 Å². The minimum atomic E-state index is -0.481. The third-order valence-corrected chi connectivity index (χ3v) is 5.31. The van der Waals surface area contributed by atoms with Gasteiger partial charge in [-0.3, -0.25) is 0 Å². The summed E-state index contributed by atoms with van der Waals surface area (Å²) in [5.74, 6) is 1.12. The van der Waals surface area contributed by atoms with Crippen molar-refractivity contribution in [1.29, 1.82) is 0 Å². The third-order valence-electron chi connectivity index (χ3n) is 5.31. The maximum atomic E-state index is 11.8. The highest BCUT2D eigenvalue weighted by Crippen LogP contribution is 2.43. The zero-order valence-corrected chi connectivity index (χ0v) is 21.5. The van der Waals surface area contributed by atoms with E-state index < -0.39 is 11.9 Å². The number of benzene rings is 3. The average Bonchev–Trinajstić information content (AvgIpc) is 2.89. The molecule has 190 valence electrons. The number of carbonyl (C=O) groups excluding carboxylic acids is 2. The normalized spacial score (nSPS) is 10.6. The molecule has 0 bridgehead atoms. The lowest BCUT2D eigenvalue weighted by molar-refractivity contribution is -0.130. The smallest absolute Gasteiger partial charge is 0.338 e. The maximum Gasteiger partial charge on any atom is 0.338 e. The Morgan fingerprint density at radius 1 is 0.757 bits per heavy atom. The number of hydrogen-bond acceptors (Lipinski definition) is 6. The van der Waals surface area contributed by atoms with E-state index in [-0.39, 0.29) is 0 Å². The molecule has 0 fully saturated rings. The Bertz CT molecular complexity index is 1330. The molecule has 0 spiro atoms. The van der Waals surface area contributed by atoms with Crippen molar-refractivity contribution in [2.45, 2.75) is 20.8 Å². The van der Waals surface area contributed by atoms with E-state index in [2.05, 4.69) is 13.2 Å². The van der Waals surface area contributed by atoms with Gasteiger partial charge in [0, 0.05) is 11.1 Å². The first-order chi connectivity index (χ1) is 17.7. The summed E-state index contributed by atoms with van der Waals surface area (Å²) in [5.41, 5.74) is 3.99. The van der Waals surface area contributed by atoms with Gasteiger partial charge < -0.3 is 18.9 Å². The van der Waals surface area contributed by atoms with Crippen molar-refractivity contribution in [1.82, 2.24) is 0 Å². The van der Waals surface area contributed by atoms with Gasteiger partial charge in [-0.1, -0.05) is 49.6 Å². The molecule has 0 aliphatic heterocycles. The van der Waals surface area contributed by atoms with Crippen LogP contribution in [0.1, 0.15) is 20.8 Å². The molecule has 0 aromatic heterocycles. The predicted octanol–water partition coefficient (Wildman–Crippen LogP) is 6.95. The molecule has 0 aliphatic rings. The Morgan fingerprint density at radius 3 is 1.70 bits per heavy atom. The fourth-order valence-electron chi connectivity index (χ4n) is 3.34. The van der Waals surface area contributed by atoms with Crippen molar-refractivity contribution >= 4 is 11.9 Å². The fraction of sp³-hybridized carbons (Fsp3) is 0.161. The second kappa shape index (κ2) is 12.4. The van der Waals surface area contributed by atoms with Crippen molar-refractivity contribution < 1.29 is 28.5 Å². The Morgan fingerprint density at radius 2 is 1.24 bits per heavy atom. The molecule has 0 atom stereocenters. The van der Waals surface area contributed by atoms with Crippen molar-refractivity contribution in [3.05, 3.63) is 97.1 Å². The molecule has 0 aliphatic carbocycles. The molecule has 0 saturated heterocycles. The average molecular weight is 499 g/mol. The van der Waals surface area contributed by atoms with Gasteiger partial charge >= 0.3 is 11.9 Å². The van der Waals surface area contributed by atoms with Crippen molar-refractivity contribution in [3.63, 3.8) is 0 Å². The highest BCUT2D eigenvalue weighted by molar-refractivity contribution is 5.89. The maximum absolute atomic E-state index is 11.8. The van der Waals surface area contributed by atoms with Crippen molar-refractivity contribution in [2.24, 2.45) is 0 Å². The van der Waals surface area contributed by atoms with Gasteiger partial charge in [0.05, 0.1) is 12.7 Å². The lowest BCUT2D eigenvalue weighted by Crippen LogP contribution is -2.08. The highest BCUT2D eigenvalue weighted by atomic mass is 16.5. The molecule has 0 unspecified atom stereocenters. The molecule has 6 nitrogen and oxygen atoms in total. The lowest BCUT2D eigenvalue weighted by atomic mass is 9.97. The molecule has 6 heteroatoms. The standard InChI is InChI=1S/C31H30O6/c1-7-8-17-35-28-19-24(22-9-13-25(14-10-22)36-30(32)20(2)3)18-27(34-6)29(28)23-11-15-26(16-12-23)37-31(33)21(4)5/h7-16,18-19H,2,4,17H2,1,3,5-6H3/b8-7+. The summed E-state index contributed by atoms with van der Waals surface area (Å²) in [6, 6.07) is 18.1. The van der Waals surface area contributed by atoms with E-state index in [4.69, 9.17) is 18.9 Å². The summed E-state index contributed by atoms with van der Waals surface area (Å²) in [5, 5.41) is 0. The highest BCUT2D eigenvalue weighted by Gasteiger charge is 2.17. The van der Waals surface area contributed by atoms with Crippen LogP contribution in [0.15, 0.2) is 97.1 Å². The molecule has 0 N–H and O–H groups in total. The number of rotatable bonds is 10. The summed E-state index contributed by atoms with van der Waals surface area (Å²) in [6.45, 7) is 12.7. The molecule has 3 aromatic carbocycles. The van der Waals surface area contributed by atoms with Gasteiger partial charge in [0.1, 0.15) is 29.6 Å². The van der Waals surface area contributed by atoms with Crippen LogP contribution in [-0.2, 0) is 9.59 Å². The van der Waals surface area contributed by atoms with E-state index >= 15 is 0 Å². The van der Waals surface area contributed by atoms with Crippen LogP contribution in [0.4, 0.5) is 0 Å². The Balaban J connectivity index is 2.00. The number of methoxy groups -OCH3 is 1. The Hall–Kier alpha value is -4.58. The predicted molar refractivity (Wildman–Crippen MR) is 145 cm³/mol. The molecule has 0 heterocycles. The summed E-state index contributed by atoms with van der Waals surface area (Å²) in [7, 11) is 1.60. The van der Waals surface area contributed by atoms with E-state index in [1.54, 1.807) is 45.2 Å². The molecule has 0 radical (unpaired) electrons. The zero-order valence-electron chi connectivity index (χ0n) is 21.5. The van der Waals surface area contributed by atoms with Gasteiger partial charge in [-0.05, 0) is 73.9 Å². The first-order valence-electron chi connectivity index (χ1n) is 11.7. The Labute approximate surface area is 217 Å². The number of esters is 2. The summed E-state index contributed by atoms with van der Waals surface area (Å²) in [6.07, 6.45) is 3.82. The van der Waals surface area contributed by atoms with Crippen molar-refractivity contribution in [3.8, 4) is 45.3 Å². The fourth-order valence-corrected chi connectivity index (χ4v) is 3.34. The number of ether oxygens (including phenoxy) is 4. The number of allylic oxidation sites excluding steroid dienone is 1. The third kappa shape index (κ3) is 6.98. The van der Waals surface area contributed by atoms with Crippen molar-refractivity contribution in [2.75, 3.05) is 13.7 Å². The topological polar surface area (TPSA) is 71.1 Å². The SMILES string of the molecule is C=C(C)C(=O)Oc1ccc(-c2cc(OC)c(-c3ccc(OC(=O)C(=C)C)cc3)c(OC/C=C/C)c2)cc1. The van der Waals surface area contributed by atoms with Gasteiger partial charge in [0.2, 0.25) is 0 Å². The molecular weight excluding hydrogens is 468 g/mol. The monoisotopic (exact) mass is 498 g/mol. The van der Waals surface area contributed by atoms with Crippen LogP contribution in [0.2, 0.25) is 0 Å². The van der Waals surface area contributed by atoms with Crippen LogP contribution >= 0.6 is 0 Å². The molecule has 3 rings (SSSR count). The van der Waals surface area contributed by atoms with Gasteiger partial charge in [-0.15, -0.1) is 0 Å². The molecule has 0 saturated carbocycles. The second-order valence-corrected chi connectivity index (χ2v) is 8.32. The van der Waals surface area contributed by atoms with E-state index in [1.165, 1.54) is 0 Å². The minimum absolute atomic E-state index is 0.322. The summed E-state index contributed by atoms with van der Waals surface area (Å²) >= 11 is 0. The van der Waals surface area contributed by atoms with Gasteiger partial charge in [-0.2, -0.15) is 0 Å². The first-order valence-corrected chi connectivity index (χ1v) is 11.7. The molecular formula is C31H30O6. The number of hydrogen-bond donors (Lipinski definition) is 0. The van der Waals surface area contributed by atoms with Crippen LogP contribution in [0.3, 0.4) is 0 Å². The van der Waals surface area contributed by atoms with Crippen LogP contribution in [0.5, 0.6) is 23.0 Å². The van der Waals surface area contributed by atoms with E-state index in [0.717, 1.165) is 22.3 Å². The Kier molecular flexibility index (Phi) is 9.05. The van der Waals surface area contributed by atoms with Crippen LogP contribution in [0, 0.1) is 0 Å². The van der Waals surface area contributed by atoms with E-state index in [9.17, 15) is 9.59 Å². The van der Waals surface area contributed by atoms with Gasteiger partial charge in [-0.25, -0.2) is 9.59 Å². The summed E-state index contributed by atoms with van der Waals surface area (Å²) in [4.78, 5) is 23.7. The minimum Gasteiger partial charge on any atom is -0.496 e. The van der Waals surface area contributed by atoms with Crippen LogP contribution in [0.25, 0.3) is 22.3 Å². The quantitative estimate of drug-likeness (QED) is 0.130.